The second-order valence-corrected chi connectivity index (χ2v) is 7.07. The molecule has 2 saturated heterocycles. The molecule has 3 rings (SSSR count). The molecule has 1 unspecified atom stereocenters. The number of nitrogens with zero attached hydrogens (tertiary/aromatic N) is 2. The van der Waals surface area contributed by atoms with Crippen LogP contribution in [0.15, 0.2) is 30.3 Å². The standard InChI is InChI=1S/C19H29N3O/c1-21-11-7-18(15-21)19(23)20-10-14-22-12-8-17(9-13-22)16-5-3-2-4-6-16/h2-6,17-18H,7-15H2,1H3,(H,20,23). The maximum atomic E-state index is 12.1. The van der Waals surface area contributed by atoms with Gasteiger partial charge < -0.3 is 15.1 Å². The molecule has 0 saturated carbocycles. The maximum absolute atomic E-state index is 12.1. The van der Waals surface area contributed by atoms with Crippen LogP contribution >= 0.6 is 0 Å². The summed E-state index contributed by atoms with van der Waals surface area (Å²) in [4.78, 5) is 16.8. The van der Waals surface area contributed by atoms with Crippen molar-refractivity contribution < 1.29 is 4.79 Å². The number of nitrogens with one attached hydrogen (secondary N) is 1. The van der Waals surface area contributed by atoms with E-state index < -0.39 is 0 Å². The first-order valence-corrected chi connectivity index (χ1v) is 8.96. The zero-order chi connectivity index (χ0) is 16.1. The first-order valence-electron chi connectivity index (χ1n) is 8.96. The second-order valence-electron chi connectivity index (χ2n) is 7.07. The van der Waals surface area contributed by atoms with Gasteiger partial charge in [-0.3, -0.25) is 4.79 Å². The fraction of sp³-hybridized carbons (Fsp3) is 0.632. The summed E-state index contributed by atoms with van der Waals surface area (Å²) in [5.74, 6) is 1.15. The van der Waals surface area contributed by atoms with Crippen molar-refractivity contribution in [2.45, 2.75) is 25.2 Å². The van der Waals surface area contributed by atoms with Crippen molar-refractivity contribution in [2.75, 3.05) is 46.3 Å². The molecule has 4 heteroatoms. The van der Waals surface area contributed by atoms with Crippen molar-refractivity contribution in [2.24, 2.45) is 5.92 Å². The van der Waals surface area contributed by atoms with Crippen LogP contribution in [-0.4, -0.2) is 62.0 Å². The van der Waals surface area contributed by atoms with Gasteiger partial charge in [0.1, 0.15) is 0 Å². The SMILES string of the molecule is CN1CCC(C(=O)NCCN2CCC(c3ccccc3)CC2)C1. The molecule has 2 aliphatic rings. The summed E-state index contributed by atoms with van der Waals surface area (Å²) >= 11 is 0. The van der Waals surface area contributed by atoms with Crippen LogP contribution in [0.4, 0.5) is 0 Å². The molecular formula is C19H29N3O. The highest BCUT2D eigenvalue weighted by Crippen LogP contribution is 2.27. The Morgan fingerprint density at radius 3 is 2.52 bits per heavy atom. The van der Waals surface area contributed by atoms with Gasteiger partial charge in [0.25, 0.3) is 0 Å². The van der Waals surface area contributed by atoms with E-state index in [1.165, 1.54) is 18.4 Å². The van der Waals surface area contributed by atoms with E-state index in [9.17, 15) is 4.79 Å². The van der Waals surface area contributed by atoms with Gasteiger partial charge in [-0.2, -0.15) is 0 Å². The summed E-state index contributed by atoms with van der Waals surface area (Å²) in [6, 6.07) is 10.9. The second kappa shape index (κ2) is 7.93. The summed E-state index contributed by atoms with van der Waals surface area (Å²) in [6.45, 7) is 6.01. The lowest BCUT2D eigenvalue weighted by atomic mass is 9.89. The molecule has 2 aliphatic heterocycles. The molecule has 1 atom stereocenters. The van der Waals surface area contributed by atoms with Gasteiger partial charge >= 0.3 is 0 Å². The van der Waals surface area contributed by atoms with E-state index in [-0.39, 0.29) is 11.8 Å². The van der Waals surface area contributed by atoms with Gasteiger partial charge in [-0.05, 0) is 57.4 Å². The molecule has 4 nitrogen and oxygen atoms in total. The molecule has 0 spiro atoms. The minimum atomic E-state index is 0.198. The van der Waals surface area contributed by atoms with E-state index in [1.807, 2.05) is 0 Å². The van der Waals surface area contributed by atoms with Crippen LogP contribution in [0.2, 0.25) is 0 Å². The third-order valence-corrected chi connectivity index (χ3v) is 5.35. The van der Waals surface area contributed by atoms with Crippen LogP contribution in [0.3, 0.4) is 0 Å². The first kappa shape index (κ1) is 16.5. The fourth-order valence-electron chi connectivity index (χ4n) is 3.85. The predicted octanol–water partition coefficient (Wildman–Crippen LogP) is 1.93. The number of hydrogen-bond donors (Lipinski definition) is 1. The van der Waals surface area contributed by atoms with Crippen LogP contribution in [0.25, 0.3) is 0 Å². The van der Waals surface area contributed by atoms with Crippen molar-refractivity contribution in [3.63, 3.8) is 0 Å². The van der Waals surface area contributed by atoms with Crippen molar-refractivity contribution >= 4 is 5.91 Å². The summed E-state index contributed by atoms with van der Waals surface area (Å²) in [6.07, 6.45) is 3.46. The summed E-state index contributed by atoms with van der Waals surface area (Å²) in [5, 5.41) is 3.13. The van der Waals surface area contributed by atoms with Crippen molar-refractivity contribution in [1.29, 1.82) is 0 Å². The predicted molar refractivity (Wildman–Crippen MR) is 93.5 cm³/mol. The molecule has 0 bridgehead atoms. The minimum absolute atomic E-state index is 0.198. The molecule has 2 heterocycles. The van der Waals surface area contributed by atoms with Gasteiger partial charge in [-0.1, -0.05) is 30.3 Å². The Kier molecular flexibility index (Phi) is 5.68. The third kappa shape index (κ3) is 4.55. The normalized spacial score (nSPS) is 24.0. The van der Waals surface area contributed by atoms with Gasteiger partial charge in [-0.25, -0.2) is 0 Å². The van der Waals surface area contributed by atoms with Gasteiger partial charge in [0.05, 0.1) is 5.92 Å². The average Bonchev–Trinajstić information content (AvgIpc) is 3.03. The number of amides is 1. The smallest absolute Gasteiger partial charge is 0.224 e. The van der Waals surface area contributed by atoms with Crippen LogP contribution in [-0.2, 0) is 4.79 Å². The van der Waals surface area contributed by atoms with E-state index in [2.05, 4.69) is 52.5 Å². The molecule has 23 heavy (non-hydrogen) atoms. The van der Waals surface area contributed by atoms with Gasteiger partial charge in [0, 0.05) is 19.6 Å². The number of carbonyl (C=O) groups excluding carboxylic acids is 1. The van der Waals surface area contributed by atoms with E-state index in [0.717, 1.165) is 45.7 Å². The average molecular weight is 315 g/mol. The Labute approximate surface area is 139 Å². The van der Waals surface area contributed by atoms with E-state index in [0.29, 0.717) is 5.92 Å². The third-order valence-electron chi connectivity index (χ3n) is 5.35. The van der Waals surface area contributed by atoms with E-state index in [1.54, 1.807) is 0 Å². The molecule has 1 amide bonds. The number of benzene rings is 1. The fourth-order valence-corrected chi connectivity index (χ4v) is 3.85. The van der Waals surface area contributed by atoms with Gasteiger partial charge in [0.2, 0.25) is 5.91 Å². The van der Waals surface area contributed by atoms with Gasteiger partial charge in [0.15, 0.2) is 0 Å². The number of rotatable bonds is 5. The Morgan fingerprint density at radius 1 is 1.13 bits per heavy atom. The zero-order valence-electron chi connectivity index (χ0n) is 14.2. The Balaban J connectivity index is 1.34. The molecule has 0 aromatic heterocycles. The van der Waals surface area contributed by atoms with Crippen LogP contribution in [0, 0.1) is 5.92 Å². The maximum Gasteiger partial charge on any atom is 0.224 e. The quantitative estimate of drug-likeness (QED) is 0.902. The number of piperidine rings is 1. The van der Waals surface area contributed by atoms with Crippen LogP contribution < -0.4 is 5.32 Å². The van der Waals surface area contributed by atoms with Crippen molar-refractivity contribution in [3.05, 3.63) is 35.9 Å². The highest BCUT2D eigenvalue weighted by Gasteiger charge is 2.26. The van der Waals surface area contributed by atoms with E-state index >= 15 is 0 Å². The molecule has 0 aliphatic carbocycles. The topological polar surface area (TPSA) is 35.6 Å². The Bertz CT molecular complexity index is 497. The number of carbonyl (C=O) groups is 1. The first-order chi connectivity index (χ1) is 11.2. The lowest BCUT2D eigenvalue weighted by molar-refractivity contribution is -0.124. The monoisotopic (exact) mass is 315 g/mol. The largest absolute Gasteiger partial charge is 0.355 e. The number of hydrogen-bond acceptors (Lipinski definition) is 3. The molecule has 2 fully saturated rings. The van der Waals surface area contributed by atoms with Crippen molar-refractivity contribution in [3.8, 4) is 0 Å². The van der Waals surface area contributed by atoms with Crippen molar-refractivity contribution in [1.82, 2.24) is 15.1 Å². The van der Waals surface area contributed by atoms with Gasteiger partial charge in [-0.15, -0.1) is 0 Å². The van der Waals surface area contributed by atoms with Crippen LogP contribution in [0.1, 0.15) is 30.7 Å². The Hall–Kier alpha value is -1.39. The minimum Gasteiger partial charge on any atom is -0.355 e. The van der Waals surface area contributed by atoms with Crippen LogP contribution in [0.5, 0.6) is 0 Å². The molecule has 0 radical (unpaired) electrons. The molecular weight excluding hydrogens is 286 g/mol. The zero-order valence-corrected chi connectivity index (χ0v) is 14.2. The number of likely N-dealkylation sites (tertiary alicyclic amines) is 2. The molecule has 1 aromatic rings. The van der Waals surface area contributed by atoms with E-state index in [4.69, 9.17) is 0 Å². The highest BCUT2D eigenvalue weighted by atomic mass is 16.1. The summed E-state index contributed by atoms with van der Waals surface area (Å²) < 4.78 is 0. The molecule has 126 valence electrons. The lowest BCUT2D eigenvalue weighted by Crippen LogP contribution is -2.41. The Morgan fingerprint density at radius 2 is 1.87 bits per heavy atom. The molecule has 1 aromatic carbocycles. The summed E-state index contributed by atoms with van der Waals surface area (Å²) in [5.41, 5.74) is 1.48. The highest BCUT2D eigenvalue weighted by molar-refractivity contribution is 5.79. The lowest BCUT2D eigenvalue weighted by Gasteiger charge is -2.32. The molecule has 1 N–H and O–H groups in total. The summed E-state index contributed by atoms with van der Waals surface area (Å²) in [7, 11) is 2.09.